The van der Waals surface area contributed by atoms with Crippen LogP contribution in [0.15, 0.2) is 0 Å². The van der Waals surface area contributed by atoms with Gasteiger partial charge < -0.3 is 20.4 Å². The molecule has 0 unspecified atom stereocenters. The molecule has 0 fully saturated rings. The second-order valence-electron chi connectivity index (χ2n) is 2.87. The van der Waals surface area contributed by atoms with Crippen molar-refractivity contribution in [3.05, 3.63) is 0 Å². The molecule has 0 spiro atoms. The van der Waals surface area contributed by atoms with Crippen LogP contribution in [0.4, 0.5) is 4.79 Å². The second kappa shape index (κ2) is 7.80. The van der Waals surface area contributed by atoms with E-state index in [0.29, 0.717) is 12.3 Å². The molecule has 0 saturated carbocycles. The van der Waals surface area contributed by atoms with E-state index in [-0.39, 0.29) is 0 Å². The number of nitrogens with zero attached hydrogens (tertiary/aromatic N) is 1. The minimum atomic E-state index is -1.25. The van der Waals surface area contributed by atoms with Crippen molar-refractivity contribution in [1.29, 1.82) is 0 Å². The van der Waals surface area contributed by atoms with E-state index >= 15 is 0 Å². The van der Waals surface area contributed by atoms with Crippen LogP contribution in [-0.2, 0) is 9.59 Å². The molecule has 92 valence electrons. The third-order valence-corrected chi connectivity index (χ3v) is 2.13. The summed E-state index contributed by atoms with van der Waals surface area (Å²) in [6.45, 7) is -0.884. The number of amides is 2. The molecule has 0 aromatic heterocycles. The van der Waals surface area contributed by atoms with E-state index in [1.165, 1.54) is 11.8 Å². The molecule has 0 aromatic rings. The number of urea groups is 1. The fourth-order valence-corrected chi connectivity index (χ4v) is 1.20. The maximum absolute atomic E-state index is 11.4. The summed E-state index contributed by atoms with van der Waals surface area (Å²) in [7, 11) is 0. The number of nitrogens with one attached hydrogen (secondary N) is 1. The Kier molecular flexibility index (Phi) is 7.10. The zero-order valence-corrected chi connectivity index (χ0v) is 9.62. The monoisotopic (exact) mass is 250 g/mol. The first-order chi connectivity index (χ1) is 7.47. The van der Waals surface area contributed by atoms with E-state index in [1.54, 1.807) is 0 Å². The van der Waals surface area contributed by atoms with Gasteiger partial charge >= 0.3 is 18.0 Å². The SMILES string of the molecule is CSCCNC(=O)N(CC(=O)O)CC(=O)O. The Bertz CT molecular complexity index is 255. The zero-order chi connectivity index (χ0) is 12.6. The van der Waals surface area contributed by atoms with Crippen molar-refractivity contribution >= 4 is 29.7 Å². The van der Waals surface area contributed by atoms with Crippen molar-refractivity contribution in [2.75, 3.05) is 31.6 Å². The summed E-state index contributed by atoms with van der Waals surface area (Å²) in [6.07, 6.45) is 1.86. The second-order valence-corrected chi connectivity index (χ2v) is 3.85. The Morgan fingerprint density at radius 2 is 1.69 bits per heavy atom. The van der Waals surface area contributed by atoms with Gasteiger partial charge in [0.05, 0.1) is 0 Å². The Morgan fingerprint density at radius 1 is 1.19 bits per heavy atom. The van der Waals surface area contributed by atoms with Gasteiger partial charge in [-0.25, -0.2) is 4.79 Å². The number of hydrogen-bond acceptors (Lipinski definition) is 4. The van der Waals surface area contributed by atoms with Gasteiger partial charge in [0.1, 0.15) is 13.1 Å². The van der Waals surface area contributed by atoms with Gasteiger partial charge in [0, 0.05) is 12.3 Å². The van der Waals surface area contributed by atoms with Crippen LogP contribution in [-0.4, -0.2) is 64.7 Å². The molecule has 3 N–H and O–H groups in total. The molecule has 0 rings (SSSR count). The summed E-state index contributed by atoms with van der Waals surface area (Å²) in [4.78, 5) is 32.9. The molecule has 0 bridgehead atoms. The Morgan fingerprint density at radius 3 is 2.06 bits per heavy atom. The van der Waals surface area contributed by atoms with E-state index < -0.39 is 31.1 Å². The molecule has 0 saturated heterocycles. The first kappa shape index (κ1) is 14.6. The van der Waals surface area contributed by atoms with Crippen LogP contribution >= 0.6 is 11.8 Å². The molecule has 0 aliphatic rings. The molecule has 0 aliphatic heterocycles. The van der Waals surface area contributed by atoms with Gasteiger partial charge in [-0.15, -0.1) is 0 Å². The highest BCUT2D eigenvalue weighted by Crippen LogP contribution is 1.92. The van der Waals surface area contributed by atoms with Crippen molar-refractivity contribution in [2.45, 2.75) is 0 Å². The number of thioether (sulfide) groups is 1. The third kappa shape index (κ3) is 6.93. The van der Waals surface area contributed by atoms with Crippen molar-refractivity contribution < 1.29 is 24.6 Å². The van der Waals surface area contributed by atoms with Gasteiger partial charge in [-0.05, 0) is 6.26 Å². The zero-order valence-electron chi connectivity index (χ0n) is 8.80. The Hall–Kier alpha value is -1.44. The summed E-state index contributed by atoms with van der Waals surface area (Å²) < 4.78 is 0. The lowest BCUT2D eigenvalue weighted by molar-refractivity contribution is -0.140. The van der Waals surface area contributed by atoms with Crippen LogP contribution in [0.5, 0.6) is 0 Å². The van der Waals surface area contributed by atoms with Gasteiger partial charge in [-0.2, -0.15) is 11.8 Å². The minimum absolute atomic E-state index is 0.371. The summed E-state index contributed by atoms with van der Waals surface area (Å²) in [5, 5.41) is 19.4. The van der Waals surface area contributed by atoms with E-state index in [2.05, 4.69) is 5.32 Å². The molecule has 0 atom stereocenters. The Labute approximate surface area is 96.8 Å². The van der Waals surface area contributed by atoms with Crippen LogP contribution in [0.3, 0.4) is 0 Å². The van der Waals surface area contributed by atoms with E-state index in [0.717, 1.165) is 4.90 Å². The van der Waals surface area contributed by atoms with Crippen molar-refractivity contribution in [3.8, 4) is 0 Å². The molecule has 8 heteroatoms. The number of carboxylic acid groups (broad SMARTS) is 2. The van der Waals surface area contributed by atoms with Crippen LogP contribution < -0.4 is 5.32 Å². The van der Waals surface area contributed by atoms with Crippen LogP contribution in [0.1, 0.15) is 0 Å². The van der Waals surface area contributed by atoms with Gasteiger partial charge in [0.2, 0.25) is 0 Å². The van der Waals surface area contributed by atoms with Crippen LogP contribution in [0.25, 0.3) is 0 Å². The maximum atomic E-state index is 11.4. The number of aliphatic carboxylic acids is 2. The number of hydrogen-bond donors (Lipinski definition) is 3. The normalized spacial score (nSPS) is 9.56. The quantitative estimate of drug-likeness (QED) is 0.527. The molecule has 16 heavy (non-hydrogen) atoms. The van der Waals surface area contributed by atoms with Crippen molar-refractivity contribution in [1.82, 2.24) is 10.2 Å². The number of carbonyl (C=O) groups is 3. The highest BCUT2D eigenvalue weighted by atomic mass is 32.2. The van der Waals surface area contributed by atoms with Crippen molar-refractivity contribution in [3.63, 3.8) is 0 Å². The third-order valence-electron chi connectivity index (χ3n) is 1.52. The largest absolute Gasteiger partial charge is 0.480 e. The molecule has 0 aliphatic carbocycles. The average Bonchev–Trinajstić information content (AvgIpc) is 2.15. The van der Waals surface area contributed by atoms with Gasteiger partial charge in [-0.3, -0.25) is 9.59 Å². The molecule has 0 aromatic carbocycles. The lowest BCUT2D eigenvalue weighted by atomic mass is 10.5. The summed E-state index contributed by atoms with van der Waals surface area (Å²) in [6, 6.07) is -0.682. The highest BCUT2D eigenvalue weighted by Gasteiger charge is 2.18. The molecule has 0 radical (unpaired) electrons. The predicted molar refractivity (Wildman–Crippen MR) is 58.6 cm³/mol. The van der Waals surface area contributed by atoms with E-state index in [9.17, 15) is 14.4 Å². The maximum Gasteiger partial charge on any atom is 0.323 e. The topological polar surface area (TPSA) is 107 Å². The fourth-order valence-electron chi connectivity index (χ4n) is 0.898. The van der Waals surface area contributed by atoms with E-state index in [1.807, 2.05) is 6.26 Å². The van der Waals surface area contributed by atoms with Gasteiger partial charge in [0.15, 0.2) is 0 Å². The van der Waals surface area contributed by atoms with Gasteiger partial charge in [-0.1, -0.05) is 0 Å². The summed E-state index contributed by atoms with van der Waals surface area (Å²) in [5.41, 5.74) is 0. The predicted octanol–water partition coefficient (Wildman–Crippen LogP) is -0.470. The average molecular weight is 250 g/mol. The number of carbonyl (C=O) groups excluding carboxylic acids is 1. The van der Waals surface area contributed by atoms with Crippen molar-refractivity contribution in [2.24, 2.45) is 0 Å². The lowest BCUT2D eigenvalue weighted by Crippen LogP contribution is -2.45. The highest BCUT2D eigenvalue weighted by molar-refractivity contribution is 7.98. The molecule has 0 heterocycles. The summed E-state index contributed by atoms with van der Waals surface area (Å²) >= 11 is 1.52. The molecular weight excluding hydrogens is 236 g/mol. The fraction of sp³-hybridized carbons (Fsp3) is 0.625. The number of rotatable bonds is 7. The minimum Gasteiger partial charge on any atom is -0.480 e. The molecule has 7 nitrogen and oxygen atoms in total. The standard InChI is InChI=1S/C8H14N2O5S/c1-16-3-2-9-8(15)10(4-6(11)12)5-7(13)14/h2-5H2,1H3,(H,9,15)(H,11,12)(H,13,14). The van der Waals surface area contributed by atoms with Gasteiger partial charge in [0.25, 0.3) is 0 Å². The Balaban J connectivity index is 4.20. The lowest BCUT2D eigenvalue weighted by Gasteiger charge is -2.18. The van der Waals surface area contributed by atoms with E-state index in [4.69, 9.17) is 10.2 Å². The van der Waals surface area contributed by atoms with Crippen LogP contribution in [0.2, 0.25) is 0 Å². The first-order valence-corrected chi connectivity index (χ1v) is 5.82. The smallest absolute Gasteiger partial charge is 0.323 e. The first-order valence-electron chi connectivity index (χ1n) is 4.42. The summed E-state index contributed by atoms with van der Waals surface area (Å²) in [5.74, 6) is -1.82. The van der Waals surface area contributed by atoms with Crippen LogP contribution in [0, 0.1) is 0 Å². The molecular formula is C8H14N2O5S. The number of carboxylic acids is 2. The molecule has 2 amide bonds.